The van der Waals surface area contributed by atoms with Gasteiger partial charge in [-0.15, -0.1) is 11.8 Å². The summed E-state index contributed by atoms with van der Waals surface area (Å²) in [6.45, 7) is 7.86. The molecule has 2 aromatic carbocycles. The van der Waals surface area contributed by atoms with Crippen LogP contribution in [0.3, 0.4) is 0 Å². The van der Waals surface area contributed by atoms with Crippen molar-refractivity contribution in [2.24, 2.45) is 0 Å². The minimum atomic E-state index is -0.602. The van der Waals surface area contributed by atoms with Gasteiger partial charge in [0.2, 0.25) is 11.8 Å². The maximum atomic E-state index is 13.1. The SMILES string of the molecule is Cc1ccccc1CN(C(=O)CSCc1ccc([N+](=O)[O-])cc1)[C@H](C)C(=O)NC(C)C. The molecule has 0 saturated carbocycles. The Bertz CT molecular complexity index is 915. The van der Waals surface area contributed by atoms with Gasteiger partial charge in [0.15, 0.2) is 0 Å². The molecule has 0 heterocycles. The van der Waals surface area contributed by atoms with E-state index in [-0.39, 0.29) is 29.3 Å². The van der Waals surface area contributed by atoms with Gasteiger partial charge in [0.05, 0.1) is 10.7 Å². The van der Waals surface area contributed by atoms with Crippen LogP contribution in [0.25, 0.3) is 0 Å². The quantitative estimate of drug-likeness (QED) is 0.441. The van der Waals surface area contributed by atoms with E-state index in [0.29, 0.717) is 12.3 Å². The van der Waals surface area contributed by atoms with Gasteiger partial charge in [-0.2, -0.15) is 0 Å². The number of non-ortho nitro benzene ring substituents is 1. The van der Waals surface area contributed by atoms with Crippen LogP contribution < -0.4 is 5.32 Å². The van der Waals surface area contributed by atoms with E-state index >= 15 is 0 Å². The van der Waals surface area contributed by atoms with Gasteiger partial charge in [-0.3, -0.25) is 19.7 Å². The molecule has 0 unspecified atom stereocenters. The lowest BCUT2D eigenvalue weighted by atomic mass is 10.1. The summed E-state index contributed by atoms with van der Waals surface area (Å²) in [5, 5.41) is 13.6. The van der Waals surface area contributed by atoms with Gasteiger partial charge in [-0.25, -0.2) is 0 Å². The molecule has 2 rings (SSSR count). The number of amides is 2. The highest BCUT2D eigenvalue weighted by molar-refractivity contribution is 7.99. The van der Waals surface area contributed by atoms with Crippen LogP contribution in [0.4, 0.5) is 5.69 Å². The van der Waals surface area contributed by atoms with Gasteiger partial charge in [0.25, 0.3) is 5.69 Å². The van der Waals surface area contributed by atoms with Crippen molar-refractivity contribution in [2.45, 2.75) is 52.1 Å². The average Bonchev–Trinajstić information content (AvgIpc) is 2.72. The Morgan fingerprint density at radius 1 is 1.10 bits per heavy atom. The molecule has 0 aliphatic carbocycles. The number of aryl methyl sites for hydroxylation is 1. The molecule has 0 bridgehead atoms. The molecule has 7 nitrogen and oxygen atoms in total. The predicted octanol–water partition coefficient (Wildman–Crippen LogP) is 4.08. The fourth-order valence-electron chi connectivity index (χ4n) is 3.01. The number of thioether (sulfide) groups is 1. The molecule has 0 fully saturated rings. The molecule has 31 heavy (non-hydrogen) atoms. The number of nitro groups is 1. The van der Waals surface area contributed by atoms with E-state index in [1.54, 1.807) is 24.0 Å². The molecule has 0 aromatic heterocycles. The van der Waals surface area contributed by atoms with Crippen molar-refractivity contribution in [3.8, 4) is 0 Å². The standard InChI is InChI=1S/C23H29N3O4S/c1-16(2)24-23(28)18(4)25(13-20-8-6-5-7-17(20)3)22(27)15-31-14-19-9-11-21(12-10-19)26(29)30/h5-12,16,18H,13-15H2,1-4H3,(H,24,28)/t18-/m1/s1. The highest BCUT2D eigenvalue weighted by Gasteiger charge is 2.26. The first kappa shape index (κ1) is 24.4. The first-order valence-electron chi connectivity index (χ1n) is 10.1. The van der Waals surface area contributed by atoms with E-state index in [0.717, 1.165) is 16.7 Å². The highest BCUT2D eigenvalue weighted by Crippen LogP contribution is 2.19. The van der Waals surface area contributed by atoms with Crippen molar-refractivity contribution in [2.75, 3.05) is 5.75 Å². The van der Waals surface area contributed by atoms with E-state index in [9.17, 15) is 19.7 Å². The normalized spacial score (nSPS) is 11.8. The van der Waals surface area contributed by atoms with Gasteiger partial charge >= 0.3 is 0 Å². The number of carbonyl (C=O) groups is 2. The van der Waals surface area contributed by atoms with Crippen LogP contribution in [0.2, 0.25) is 0 Å². The molecular weight excluding hydrogens is 414 g/mol. The molecule has 0 aliphatic heterocycles. The lowest BCUT2D eigenvalue weighted by molar-refractivity contribution is -0.384. The van der Waals surface area contributed by atoms with E-state index in [1.807, 2.05) is 45.0 Å². The molecule has 166 valence electrons. The number of hydrogen-bond acceptors (Lipinski definition) is 5. The Balaban J connectivity index is 2.06. The molecule has 0 radical (unpaired) electrons. The minimum absolute atomic E-state index is 0.0122. The summed E-state index contributed by atoms with van der Waals surface area (Å²) in [5.41, 5.74) is 3.01. The zero-order valence-corrected chi connectivity index (χ0v) is 19.1. The van der Waals surface area contributed by atoms with E-state index in [1.165, 1.54) is 23.9 Å². The van der Waals surface area contributed by atoms with Crippen LogP contribution in [0.1, 0.15) is 37.5 Å². The van der Waals surface area contributed by atoms with Gasteiger partial charge in [-0.1, -0.05) is 36.4 Å². The average molecular weight is 444 g/mol. The third kappa shape index (κ3) is 7.40. The summed E-state index contributed by atoms with van der Waals surface area (Å²) in [5.74, 6) is 0.454. The molecule has 1 atom stereocenters. The highest BCUT2D eigenvalue weighted by atomic mass is 32.2. The summed E-state index contributed by atoms with van der Waals surface area (Å²) in [4.78, 5) is 37.6. The molecular formula is C23H29N3O4S. The predicted molar refractivity (Wildman–Crippen MR) is 124 cm³/mol. The third-order valence-electron chi connectivity index (χ3n) is 4.84. The first-order valence-corrected chi connectivity index (χ1v) is 11.3. The maximum Gasteiger partial charge on any atom is 0.269 e. The molecule has 8 heteroatoms. The smallest absolute Gasteiger partial charge is 0.269 e. The van der Waals surface area contributed by atoms with Crippen LogP contribution in [0, 0.1) is 17.0 Å². The van der Waals surface area contributed by atoms with E-state index < -0.39 is 11.0 Å². The number of benzene rings is 2. The number of nitro benzene ring substituents is 1. The topological polar surface area (TPSA) is 92.6 Å². The largest absolute Gasteiger partial charge is 0.352 e. The summed E-state index contributed by atoms with van der Waals surface area (Å²) in [6.07, 6.45) is 0. The number of nitrogens with zero attached hydrogens (tertiary/aromatic N) is 2. The second kappa shape index (κ2) is 11.5. The summed E-state index contributed by atoms with van der Waals surface area (Å²) in [7, 11) is 0. The second-order valence-electron chi connectivity index (χ2n) is 7.70. The van der Waals surface area contributed by atoms with E-state index in [2.05, 4.69) is 5.32 Å². The minimum Gasteiger partial charge on any atom is -0.352 e. The number of hydrogen-bond donors (Lipinski definition) is 1. The summed E-state index contributed by atoms with van der Waals surface area (Å²) < 4.78 is 0. The van der Waals surface area contributed by atoms with Crippen LogP contribution in [0.5, 0.6) is 0 Å². The molecule has 0 aliphatic rings. The summed E-state index contributed by atoms with van der Waals surface area (Å²) in [6, 6.07) is 13.5. The monoisotopic (exact) mass is 443 g/mol. The van der Waals surface area contributed by atoms with Crippen molar-refractivity contribution in [3.63, 3.8) is 0 Å². The molecule has 1 N–H and O–H groups in total. The number of nitrogens with one attached hydrogen (secondary N) is 1. The Morgan fingerprint density at radius 3 is 2.32 bits per heavy atom. The molecule has 2 aromatic rings. The van der Waals surface area contributed by atoms with Crippen LogP contribution in [0.15, 0.2) is 48.5 Å². The van der Waals surface area contributed by atoms with Gasteiger partial charge in [-0.05, 0) is 44.4 Å². The fourth-order valence-corrected chi connectivity index (χ4v) is 3.88. The van der Waals surface area contributed by atoms with Crippen molar-refractivity contribution < 1.29 is 14.5 Å². The first-order chi connectivity index (χ1) is 14.7. The van der Waals surface area contributed by atoms with Crippen molar-refractivity contribution >= 4 is 29.3 Å². The number of rotatable bonds is 10. The zero-order chi connectivity index (χ0) is 23.0. The van der Waals surface area contributed by atoms with Crippen molar-refractivity contribution in [1.82, 2.24) is 10.2 Å². The van der Waals surface area contributed by atoms with Gasteiger partial charge in [0, 0.05) is 30.5 Å². The van der Waals surface area contributed by atoms with Gasteiger partial charge < -0.3 is 10.2 Å². The number of carbonyl (C=O) groups excluding carboxylic acids is 2. The lowest BCUT2D eigenvalue weighted by Gasteiger charge is -2.30. The van der Waals surface area contributed by atoms with Crippen LogP contribution in [-0.4, -0.2) is 39.5 Å². The Hall–Kier alpha value is -2.87. The summed E-state index contributed by atoms with van der Waals surface area (Å²) >= 11 is 1.42. The third-order valence-corrected chi connectivity index (χ3v) is 5.83. The van der Waals surface area contributed by atoms with Crippen LogP contribution in [-0.2, 0) is 21.9 Å². The fraction of sp³-hybridized carbons (Fsp3) is 0.391. The van der Waals surface area contributed by atoms with Gasteiger partial charge in [0.1, 0.15) is 6.04 Å². The van der Waals surface area contributed by atoms with Crippen molar-refractivity contribution in [1.29, 1.82) is 0 Å². The molecule has 0 spiro atoms. The van der Waals surface area contributed by atoms with Crippen molar-refractivity contribution in [3.05, 3.63) is 75.3 Å². The second-order valence-corrected chi connectivity index (χ2v) is 8.69. The van der Waals surface area contributed by atoms with Crippen LogP contribution >= 0.6 is 11.8 Å². The Labute approximate surface area is 187 Å². The maximum absolute atomic E-state index is 13.1. The Kier molecular flexibility index (Phi) is 9.05. The Morgan fingerprint density at radius 2 is 1.74 bits per heavy atom. The molecule has 0 saturated heterocycles. The van der Waals surface area contributed by atoms with E-state index in [4.69, 9.17) is 0 Å². The zero-order valence-electron chi connectivity index (χ0n) is 18.3. The molecule has 2 amide bonds. The lowest BCUT2D eigenvalue weighted by Crippen LogP contribution is -2.49.